The number of aromatic amines is 2. The quantitative estimate of drug-likeness (QED) is 0.243. The third-order valence-electron chi connectivity index (χ3n) is 6.87. The van der Waals surface area contributed by atoms with Crippen molar-refractivity contribution in [1.29, 1.82) is 0 Å². The van der Waals surface area contributed by atoms with Crippen molar-refractivity contribution in [3.8, 4) is 33.2 Å². The predicted molar refractivity (Wildman–Crippen MR) is 141 cm³/mol. The average Bonchev–Trinajstić information content (AvgIpc) is 3.60. The second-order valence-electron chi connectivity index (χ2n) is 9.28. The fourth-order valence-electron chi connectivity index (χ4n) is 4.68. The standard InChI is InChI=1S/C27H19F2N7OS/c28-18-10-14(15-8-16(12-30-11-15)32-27(37)13-2-1-3-13)9-17-22(18)35-36-23(17)26-33-19-6-7-31-25(24(19)34-26)20-4-5-21(29)38-20/h4-13H,1-3H2,(H,32,37)(H,33,34)(H,35,36). The van der Waals surface area contributed by atoms with Gasteiger partial charge in [-0.15, -0.1) is 11.3 Å². The summed E-state index contributed by atoms with van der Waals surface area (Å²) in [5, 5.41) is 10.2. The summed E-state index contributed by atoms with van der Waals surface area (Å²) in [5.74, 6) is -0.0290. The number of amides is 1. The first-order valence-electron chi connectivity index (χ1n) is 12.1. The highest BCUT2D eigenvalue weighted by Gasteiger charge is 2.25. The zero-order chi connectivity index (χ0) is 25.8. The van der Waals surface area contributed by atoms with Gasteiger partial charge in [0, 0.05) is 29.3 Å². The van der Waals surface area contributed by atoms with Crippen molar-refractivity contribution in [3.63, 3.8) is 0 Å². The zero-order valence-electron chi connectivity index (χ0n) is 19.8. The maximum absolute atomic E-state index is 15.2. The van der Waals surface area contributed by atoms with Crippen LogP contribution < -0.4 is 5.32 Å². The van der Waals surface area contributed by atoms with E-state index in [4.69, 9.17) is 4.98 Å². The van der Waals surface area contributed by atoms with Gasteiger partial charge >= 0.3 is 0 Å². The maximum Gasteiger partial charge on any atom is 0.227 e. The number of H-pyrrole nitrogens is 2. The molecule has 0 radical (unpaired) electrons. The molecule has 0 atom stereocenters. The Morgan fingerprint density at radius 1 is 1.05 bits per heavy atom. The topological polar surface area (TPSA) is 112 Å². The minimum Gasteiger partial charge on any atom is -0.337 e. The molecule has 7 rings (SSSR count). The van der Waals surface area contributed by atoms with Gasteiger partial charge in [0.15, 0.2) is 16.8 Å². The Morgan fingerprint density at radius 3 is 2.74 bits per heavy atom. The number of fused-ring (bicyclic) bond motifs is 2. The van der Waals surface area contributed by atoms with Crippen LogP contribution in [0.5, 0.6) is 0 Å². The number of hydrogen-bond donors (Lipinski definition) is 3. The Hall–Kier alpha value is -4.51. The van der Waals surface area contributed by atoms with Crippen LogP contribution in [0.3, 0.4) is 0 Å². The smallest absolute Gasteiger partial charge is 0.227 e. The van der Waals surface area contributed by atoms with Crippen LogP contribution in [0.4, 0.5) is 14.5 Å². The number of nitrogens with one attached hydrogen (secondary N) is 3. The first-order valence-corrected chi connectivity index (χ1v) is 12.9. The van der Waals surface area contributed by atoms with E-state index in [0.29, 0.717) is 55.3 Å². The van der Waals surface area contributed by atoms with Crippen molar-refractivity contribution in [2.75, 3.05) is 5.32 Å². The number of carbonyl (C=O) groups excluding carboxylic acids is 1. The molecule has 1 aliphatic rings. The van der Waals surface area contributed by atoms with E-state index in [-0.39, 0.29) is 22.5 Å². The summed E-state index contributed by atoms with van der Waals surface area (Å²) in [7, 11) is 0. The van der Waals surface area contributed by atoms with Crippen molar-refractivity contribution in [2.45, 2.75) is 19.3 Å². The highest BCUT2D eigenvalue weighted by molar-refractivity contribution is 7.13. The lowest BCUT2D eigenvalue weighted by Crippen LogP contribution is -2.28. The first kappa shape index (κ1) is 22.7. The third kappa shape index (κ3) is 3.82. The molecule has 0 aliphatic heterocycles. The largest absolute Gasteiger partial charge is 0.337 e. The molecule has 5 heterocycles. The number of hydrogen-bond acceptors (Lipinski definition) is 6. The van der Waals surface area contributed by atoms with Crippen LogP contribution in [0.1, 0.15) is 19.3 Å². The first-order chi connectivity index (χ1) is 18.5. The second kappa shape index (κ2) is 8.80. The molecular weight excluding hydrogens is 508 g/mol. The van der Waals surface area contributed by atoms with Gasteiger partial charge in [-0.3, -0.25) is 19.9 Å². The van der Waals surface area contributed by atoms with E-state index >= 15 is 4.39 Å². The third-order valence-corrected chi connectivity index (χ3v) is 7.75. The number of carbonyl (C=O) groups is 1. The molecule has 11 heteroatoms. The van der Waals surface area contributed by atoms with Gasteiger partial charge in [0.25, 0.3) is 0 Å². The summed E-state index contributed by atoms with van der Waals surface area (Å²) in [5.41, 5.74) is 4.31. The van der Waals surface area contributed by atoms with Gasteiger partial charge < -0.3 is 10.3 Å². The van der Waals surface area contributed by atoms with Gasteiger partial charge in [-0.25, -0.2) is 9.37 Å². The number of nitrogens with zero attached hydrogens (tertiary/aromatic N) is 4. The summed E-state index contributed by atoms with van der Waals surface area (Å²) in [4.78, 5) is 29.7. The number of thiophene rings is 1. The van der Waals surface area contributed by atoms with Gasteiger partial charge in [-0.2, -0.15) is 9.49 Å². The number of benzene rings is 1. The van der Waals surface area contributed by atoms with Crippen molar-refractivity contribution in [1.82, 2.24) is 30.1 Å². The Kier molecular flexibility index (Phi) is 5.25. The Labute approximate surface area is 218 Å². The van der Waals surface area contributed by atoms with E-state index in [0.717, 1.165) is 30.6 Å². The summed E-state index contributed by atoms with van der Waals surface area (Å²) < 4.78 is 28.8. The molecule has 0 unspecified atom stereocenters. The lowest BCUT2D eigenvalue weighted by atomic mass is 9.85. The Bertz CT molecular complexity index is 1850. The molecule has 0 spiro atoms. The number of imidazole rings is 1. The molecule has 1 aliphatic carbocycles. The van der Waals surface area contributed by atoms with Gasteiger partial charge in [0.05, 0.1) is 22.3 Å². The minimum atomic E-state index is -0.503. The van der Waals surface area contributed by atoms with Crippen molar-refractivity contribution < 1.29 is 13.6 Å². The van der Waals surface area contributed by atoms with Crippen LogP contribution in [-0.2, 0) is 4.79 Å². The van der Waals surface area contributed by atoms with E-state index in [1.807, 2.05) is 6.07 Å². The molecule has 3 N–H and O–H groups in total. The van der Waals surface area contributed by atoms with Gasteiger partial charge in [-0.05, 0) is 54.8 Å². The normalized spacial score (nSPS) is 13.7. The number of aromatic nitrogens is 6. The summed E-state index contributed by atoms with van der Waals surface area (Å²) in [6, 6.07) is 9.83. The van der Waals surface area contributed by atoms with Crippen LogP contribution in [0.2, 0.25) is 0 Å². The average molecular weight is 528 g/mol. The fourth-order valence-corrected chi connectivity index (χ4v) is 5.41. The number of pyridine rings is 2. The molecule has 0 bridgehead atoms. The lowest BCUT2D eigenvalue weighted by Gasteiger charge is -2.24. The van der Waals surface area contributed by atoms with Crippen molar-refractivity contribution in [2.24, 2.45) is 5.92 Å². The van der Waals surface area contributed by atoms with Crippen molar-refractivity contribution >= 4 is 44.9 Å². The summed E-state index contributed by atoms with van der Waals surface area (Å²) >= 11 is 0.992. The maximum atomic E-state index is 15.2. The van der Waals surface area contributed by atoms with Crippen LogP contribution in [0, 0.1) is 16.9 Å². The lowest BCUT2D eigenvalue weighted by molar-refractivity contribution is -0.122. The Morgan fingerprint density at radius 2 is 1.95 bits per heavy atom. The molecule has 1 aromatic carbocycles. The van der Waals surface area contributed by atoms with Gasteiger partial charge in [0.2, 0.25) is 5.91 Å². The van der Waals surface area contributed by atoms with Crippen LogP contribution in [0.15, 0.2) is 55.0 Å². The van der Waals surface area contributed by atoms with E-state index in [2.05, 4.69) is 30.5 Å². The molecule has 1 saturated carbocycles. The molecule has 188 valence electrons. The van der Waals surface area contributed by atoms with Gasteiger partial charge in [0.1, 0.15) is 22.4 Å². The highest BCUT2D eigenvalue weighted by atomic mass is 32.1. The number of anilines is 1. The van der Waals surface area contributed by atoms with E-state index in [1.54, 1.807) is 36.8 Å². The molecular formula is C27H19F2N7OS. The molecule has 1 fully saturated rings. The molecule has 6 aromatic rings. The Balaban J connectivity index is 1.29. The van der Waals surface area contributed by atoms with E-state index in [9.17, 15) is 9.18 Å². The van der Waals surface area contributed by atoms with E-state index in [1.165, 1.54) is 12.1 Å². The summed E-state index contributed by atoms with van der Waals surface area (Å²) in [6.07, 6.45) is 7.69. The fraction of sp³-hybridized carbons (Fsp3) is 0.148. The molecule has 0 saturated heterocycles. The SMILES string of the molecule is O=C(Nc1cncc(-c2cc(F)c3n[nH]c(-c4nc5c(-c6ccc(F)s6)nccc5[nH]4)c3c2)c1)C1CCC1. The van der Waals surface area contributed by atoms with Crippen molar-refractivity contribution in [3.05, 3.63) is 65.9 Å². The van der Waals surface area contributed by atoms with Gasteiger partial charge in [-0.1, -0.05) is 6.42 Å². The monoisotopic (exact) mass is 527 g/mol. The van der Waals surface area contributed by atoms with Crippen LogP contribution in [0.25, 0.3) is 55.2 Å². The predicted octanol–water partition coefficient (Wildman–Crippen LogP) is 6.31. The van der Waals surface area contributed by atoms with E-state index < -0.39 is 5.82 Å². The molecule has 8 nitrogen and oxygen atoms in total. The number of rotatable bonds is 5. The molecule has 5 aromatic heterocycles. The number of halogens is 2. The molecule has 38 heavy (non-hydrogen) atoms. The van der Waals surface area contributed by atoms with Crippen LogP contribution in [-0.4, -0.2) is 36.0 Å². The highest BCUT2D eigenvalue weighted by Crippen LogP contribution is 2.35. The molecule has 1 amide bonds. The zero-order valence-corrected chi connectivity index (χ0v) is 20.6. The summed E-state index contributed by atoms with van der Waals surface area (Å²) in [6.45, 7) is 0. The minimum absolute atomic E-state index is 0.0158. The second-order valence-corrected chi connectivity index (χ2v) is 10.3. The van der Waals surface area contributed by atoms with Crippen LogP contribution >= 0.6 is 11.3 Å².